The molecular weight excluding hydrogens is 1280 g/mol. The third kappa shape index (κ3) is 70.2. The summed E-state index contributed by atoms with van der Waals surface area (Å²) in [5.41, 5.74) is 0. The molecule has 0 bridgehead atoms. The van der Waals surface area contributed by atoms with Gasteiger partial charge in [0.15, 0.2) is 12.2 Å². The molecule has 0 aliphatic rings. The Balaban J connectivity index is 5.32. The number of rotatable bonds is 71. The van der Waals surface area contributed by atoms with Crippen LogP contribution >= 0.6 is 15.6 Å². The predicted molar refractivity (Wildman–Crippen MR) is 399 cm³/mol. The van der Waals surface area contributed by atoms with Crippen LogP contribution in [0.25, 0.3) is 0 Å². The molecular formula is C79H136O17P2. The molecule has 0 aromatic rings. The SMILES string of the molecule is CC/C=C\C/C=C\C/C=C\C/C=C\CCCCCCCCC(=O)OCC(COP(=O)(O)OCC(O)COP(=O)(O)OCC(COC(=O)CCCCCCC/C=C\C/C=C\C/C=C\CC)OC(=O)CCCCCCC/C=C\C/C=C\CCC)OC(=O)CCCCCCCCCCCCC. The van der Waals surface area contributed by atoms with E-state index in [-0.39, 0.29) is 25.7 Å². The van der Waals surface area contributed by atoms with Crippen LogP contribution in [0, 0.1) is 0 Å². The van der Waals surface area contributed by atoms with E-state index in [4.69, 9.17) is 37.0 Å². The van der Waals surface area contributed by atoms with Gasteiger partial charge in [-0.1, -0.05) is 272 Å². The van der Waals surface area contributed by atoms with Gasteiger partial charge >= 0.3 is 39.5 Å². The van der Waals surface area contributed by atoms with Crippen molar-refractivity contribution in [3.05, 3.63) is 109 Å². The molecule has 19 heteroatoms. The third-order valence-electron chi connectivity index (χ3n) is 15.7. The van der Waals surface area contributed by atoms with Gasteiger partial charge in [-0.3, -0.25) is 37.3 Å². The Bertz CT molecular complexity index is 2290. The normalized spacial score (nSPS) is 14.6. The fraction of sp³-hybridized carbons (Fsp3) is 0.722. The zero-order valence-corrected chi connectivity index (χ0v) is 63.2. The van der Waals surface area contributed by atoms with E-state index in [1.54, 1.807) is 0 Å². The lowest BCUT2D eigenvalue weighted by Crippen LogP contribution is -2.30. The molecule has 0 aliphatic carbocycles. The summed E-state index contributed by atoms with van der Waals surface area (Å²) in [4.78, 5) is 72.8. The van der Waals surface area contributed by atoms with Gasteiger partial charge in [0.25, 0.3) is 0 Å². The minimum absolute atomic E-state index is 0.0741. The van der Waals surface area contributed by atoms with Crippen LogP contribution in [0.1, 0.15) is 310 Å². The molecule has 5 unspecified atom stereocenters. The van der Waals surface area contributed by atoms with Crippen molar-refractivity contribution in [1.29, 1.82) is 0 Å². The lowest BCUT2D eigenvalue weighted by molar-refractivity contribution is -0.161. The molecule has 0 radical (unpaired) electrons. The predicted octanol–water partition coefficient (Wildman–Crippen LogP) is 21.8. The fourth-order valence-corrected chi connectivity index (χ4v) is 11.5. The second-order valence-electron chi connectivity index (χ2n) is 25.2. The highest BCUT2D eigenvalue weighted by atomic mass is 31.2. The van der Waals surface area contributed by atoms with Gasteiger partial charge in [-0.15, -0.1) is 0 Å². The summed E-state index contributed by atoms with van der Waals surface area (Å²) >= 11 is 0. The molecule has 0 heterocycles. The summed E-state index contributed by atoms with van der Waals surface area (Å²) in [5.74, 6) is -2.21. The second-order valence-corrected chi connectivity index (χ2v) is 28.1. The summed E-state index contributed by atoms with van der Waals surface area (Å²) < 4.78 is 68.4. The number of hydrogen-bond donors (Lipinski definition) is 3. The van der Waals surface area contributed by atoms with Crippen molar-refractivity contribution in [3.8, 4) is 0 Å². The standard InChI is InChI=1S/C79H136O17P2/c1-5-9-13-17-21-25-29-32-34-35-36-37-39-42-45-48-52-56-60-64-77(82)89-69-74(95-78(83)65-61-57-53-49-43-28-24-20-16-12-8-4)71-93-97(85,86)91-67-73(80)68-92-98(87,88)94-72-75(96-79(84)66-62-58-54-50-46-40-31-27-23-19-15-11-7-3)70-90-76(81)63-59-55-51-47-44-41-38-33-30-26-22-18-14-10-6-2/h9-10,13-15,19,21-22,25-27,31-34,36-38,73-75,80H,5-8,11-12,16-18,20,23-24,28-30,35,39-72H2,1-4H3,(H,85,86)(H,87,88)/b13-9-,14-10-,19-15-,25-21-,26-22-,31-27-,34-32-,37-36-,38-33-. The summed E-state index contributed by atoms with van der Waals surface area (Å²) in [5, 5.41) is 10.6. The van der Waals surface area contributed by atoms with Gasteiger partial charge in [0.1, 0.15) is 19.3 Å². The van der Waals surface area contributed by atoms with Crippen LogP contribution in [-0.2, 0) is 65.4 Å². The number of allylic oxidation sites excluding steroid dienone is 18. The van der Waals surface area contributed by atoms with Gasteiger partial charge in [-0.2, -0.15) is 0 Å². The van der Waals surface area contributed by atoms with Crippen LogP contribution < -0.4 is 0 Å². The van der Waals surface area contributed by atoms with E-state index < -0.39 is 97.5 Å². The molecule has 0 rings (SSSR count). The quantitative estimate of drug-likeness (QED) is 0.0169. The Morgan fingerprint density at radius 2 is 0.551 bits per heavy atom. The van der Waals surface area contributed by atoms with Gasteiger partial charge in [0, 0.05) is 25.7 Å². The number of aliphatic hydroxyl groups excluding tert-OH is 1. The number of unbranched alkanes of at least 4 members (excludes halogenated alkanes) is 27. The highest BCUT2D eigenvalue weighted by molar-refractivity contribution is 7.47. The number of phosphoric ester groups is 2. The van der Waals surface area contributed by atoms with E-state index in [2.05, 4.69) is 137 Å². The molecule has 0 fully saturated rings. The zero-order valence-electron chi connectivity index (χ0n) is 61.4. The van der Waals surface area contributed by atoms with Gasteiger partial charge in [0.05, 0.1) is 26.4 Å². The summed E-state index contributed by atoms with van der Waals surface area (Å²) in [6.45, 7) is 4.54. The molecule has 564 valence electrons. The smallest absolute Gasteiger partial charge is 0.462 e. The number of carbonyl (C=O) groups excluding carboxylic acids is 4. The number of esters is 4. The molecule has 17 nitrogen and oxygen atoms in total. The van der Waals surface area contributed by atoms with Crippen molar-refractivity contribution in [1.82, 2.24) is 0 Å². The largest absolute Gasteiger partial charge is 0.472 e. The Morgan fingerprint density at radius 1 is 0.296 bits per heavy atom. The second kappa shape index (κ2) is 71.1. The number of phosphoric acid groups is 2. The zero-order chi connectivity index (χ0) is 71.8. The first-order valence-electron chi connectivity index (χ1n) is 38.1. The van der Waals surface area contributed by atoms with Crippen molar-refractivity contribution < 1.29 is 80.2 Å². The first-order valence-corrected chi connectivity index (χ1v) is 41.1. The number of aliphatic hydroxyl groups is 1. The summed E-state index contributed by atoms with van der Waals surface area (Å²) in [6.07, 6.45) is 75.1. The van der Waals surface area contributed by atoms with Gasteiger partial charge in [-0.05, 0) is 122 Å². The molecule has 98 heavy (non-hydrogen) atoms. The molecule has 5 atom stereocenters. The van der Waals surface area contributed by atoms with Crippen molar-refractivity contribution in [2.75, 3.05) is 39.6 Å². The van der Waals surface area contributed by atoms with Crippen molar-refractivity contribution in [2.24, 2.45) is 0 Å². The molecule has 3 N–H and O–H groups in total. The van der Waals surface area contributed by atoms with Crippen molar-refractivity contribution >= 4 is 39.5 Å². The molecule has 0 aromatic heterocycles. The lowest BCUT2D eigenvalue weighted by Gasteiger charge is -2.21. The van der Waals surface area contributed by atoms with E-state index in [0.29, 0.717) is 25.7 Å². The number of hydrogen-bond acceptors (Lipinski definition) is 15. The lowest BCUT2D eigenvalue weighted by atomic mass is 10.1. The van der Waals surface area contributed by atoms with Crippen LogP contribution in [0.3, 0.4) is 0 Å². The average molecular weight is 1420 g/mol. The third-order valence-corrected chi connectivity index (χ3v) is 17.6. The molecule has 0 saturated carbocycles. The minimum atomic E-state index is -4.98. The van der Waals surface area contributed by atoms with Crippen molar-refractivity contribution in [3.63, 3.8) is 0 Å². The summed E-state index contributed by atoms with van der Waals surface area (Å²) in [6, 6.07) is 0. The molecule has 0 aliphatic heterocycles. The highest BCUT2D eigenvalue weighted by Gasteiger charge is 2.30. The topological polar surface area (TPSA) is 237 Å². The van der Waals surface area contributed by atoms with Gasteiger partial charge < -0.3 is 33.8 Å². The van der Waals surface area contributed by atoms with Crippen LogP contribution in [-0.4, -0.2) is 96.7 Å². The van der Waals surface area contributed by atoms with E-state index >= 15 is 0 Å². The molecule has 0 saturated heterocycles. The summed E-state index contributed by atoms with van der Waals surface area (Å²) in [7, 11) is -9.95. The van der Waals surface area contributed by atoms with E-state index in [9.17, 15) is 43.2 Å². The monoisotopic (exact) mass is 1420 g/mol. The number of carbonyl (C=O) groups is 4. The maximum Gasteiger partial charge on any atom is 0.472 e. The Labute approximate surface area is 594 Å². The Kier molecular flexibility index (Phi) is 68.0. The molecule has 0 amide bonds. The Morgan fingerprint density at radius 3 is 0.857 bits per heavy atom. The first kappa shape index (κ1) is 93.7. The molecule has 0 spiro atoms. The van der Waals surface area contributed by atoms with Gasteiger partial charge in [0.2, 0.25) is 0 Å². The van der Waals surface area contributed by atoms with E-state index in [1.807, 2.05) is 0 Å². The highest BCUT2D eigenvalue weighted by Crippen LogP contribution is 2.45. The van der Waals surface area contributed by atoms with E-state index in [1.165, 1.54) is 38.5 Å². The van der Waals surface area contributed by atoms with Crippen LogP contribution in [0.2, 0.25) is 0 Å². The van der Waals surface area contributed by atoms with Crippen LogP contribution in [0.15, 0.2) is 109 Å². The molecule has 0 aromatic carbocycles. The van der Waals surface area contributed by atoms with E-state index in [0.717, 1.165) is 193 Å². The van der Waals surface area contributed by atoms with Crippen LogP contribution in [0.5, 0.6) is 0 Å². The maximum atomic E-state index is 13.1. The van der Waals surface area contributed by atoms with Crippen LogP contribution in [0.4, 0.5) is 0 Å². The fourth-order valence-electron chi connectivity index (χ4n) is 9.97. The van der Waals surface area contributed by atoms with Crippen molar-refractivity contribution in [2.45, 2.75) is 329 Å². The average Bonchev–Trinajstić information content (AvgIpc) is 1.00. The van der Waals surface area contributed by atoms with Gasteiger partial charge in [-0.25, -0.2) is 9.13 Å². The Hall–Kier alpha value is -4.28. The maximum absolute atomic E-state index is 13.1. The first-order chi connectivity index (χ1) is 47.7. The minimum Gasteiger partial charge on any atom is -0.462 e. The number of ether oxygens (including phenoxy) is 4.